The van der Waals surface area contributed by atoms with Gasteiger partial charge in [0.1, 0.15) is 17.0 Å². The molecule has 262 valence electrons. The van der Waals surface area contributed by atoms with Crippen LogP contribution in [0.3, 0.4) is 0 Å². The number of rotatable bonds is 8. The van der Waals surface area contributed by atoms with E-state index in [-0.39, 0.29) is 17.7 Å². The van der Waals surface area contributed by atoms with Crippen molar-refractivity contribution in [3.8, 4) is 28.1 Å². The van der Waals surface area contributed by atoms with Gasteiger partial charge in [0.15, 0.2) is 0 Å². The number of fused-ring (bicyclic) bond motifs is 1. The maximum absolute atomic E-state index is 13.0. The number of nitrogens with one attached hydrogen (secondary N) is 2. The number of benzene rings is 2. The molecule has 4 rings (SSSR count). The van der Waals surface area contributed by atoms with E-state index in [1.807, 2.05) is 47.8 Å². The molecule has 0 saturated heterocycles. The number of nitrogens with zero attached hydrogens (tertiary/aromatic N) is 2. The lowest BCUT2D eigenvalue weighted by atomic mass is 9.99. The van der Waals surface area contributed by atoms with Crippen molar-refractivity contribution in [2.75, 3.05) is 27.2 Å². The molecule has 2 amide bonds. The summed E-state index contributed by atoms with van der Waals surface area (Å²) in [6.45, 7) is 6.68. The molecular weight excluding hydrogens is 650 g/mol. The van der Waals surface area contributed by atoms with Crippen LogP contribution < -0.4 is 15.4 Å². The number of alkyl carbamates (subject to hydrolysis) is 1. The van der Waals surface area contributed by atoms with E-state index in [9.17, 15) is 35.9 Å². The molecule has 1 aliphatic heterocycles. The van der Waals surface area contributed by atoms with Crippen LogP contribution in [0.2, 0.25) is 0 Å². The average molecular weight is 687 g/mol. The Balaban J connectivity index is 0.000000804. The lowest BCUT2D eigenvalue weighted by molar-refractivity contribution is -0.274. The molecule has 0 aliphatic carbocycles. The van der Waals surface area contributed by atoms with Gasteiger partial charge in [-0.1, -0.05) is 36.4 Å². The molecule has 3 aromatic rings. The number of carboxylic acids is 1. The molecule has 3 N–H and O–H groups in total. The summed E-state index contributed by atoms with van der Waals surface area (Å²) >= 11 is 0. The van der Waals surface area contributed by atoms with E-state index in [0.29, 0.717) is 42.0 Å². The van der Waals surface area contributed by atoms with Crippen LogP contribution in [0, 0.1) is 0 Å². The van der Waals surface area contributed by atoms with Crippen molar-refractivity contribution >= 4 is 18.0 Å². The van der Waals surface area contributed by atoms with Crippen molar-refractivity contribution in [1.82, 2.24) is 20.1 Å². The Bertz CT molecular complexity index is 1590. The standard InChI is InChI=1S/C30H35F3N4O4.C2HF3O2/c1-29(2,3)41-28(39)34-14-13-22-17-35-27(38)25-16-24(21-7-6-8-23(15-21)40-30(31,32)33)26(37(22)25)20-11-9-19(10-12-20)18-36(4)5;3-2(4,5)1(6)7/h6-12,15-16,22H,13-14,17-18H2,1-5H3,(H,34,39)(H,35,38);(H,6,7)/t22-;/m0./s1. The summed E-state index contributed by atoms with van der Waals surface area (Å²) in [6, 6.07) is 15.1. The van der Waals surface area contributed by atoms with Gasteiger partial charge in [0, 0.05) is 25.2 Å². The van der Waals surface area contributed by atoms with E-state index in [1.54, 1.807) is 32.9 Å². The van der Waals surface area contributed by atoms with Gasteiger partial charge < -0.3 is 34.7 Å². The van der Waals surface area contributed by atoms with Crippen molar-refractivity contribution in [2.45, 2.75) is 57.9 Å². The molecule has 0 bridgehead atoms. The molecule has 0 fully saturated rings. The van der Waals surface area contributed by atoms with Crippen molar-refractivity contribution < 1.29 is 55.3 Å². The van der Waals surface area contributed by atoms with Crippen LogP contribution in [-0.4, -0.2) is 77.9 Å². The third-order valence-corrected chi connectivity index (χ3v) is 6.63. The van der Waals surface area contributed by atoms with Crippen LogP contribution >= 0.6 is 0 Å². The normalized spacial score (nSPS) is 14.8. The zero-order valence-electron chi connectivity index (χ0n) is 26.8. The summed E-state index contributed by atoms with van der Waals surface area (Å²) in [5, 5.41) is 12.8. The predicted octanol–water partition coefficient (Wildman–Crippen LogP) is 6.61. The van der Waals surface area contributed by atoms with Crippen LogP contribution in [0.1, 0.15) is 49.3 Å². The highest BCUT2D eigenvalue weighted by atomic mass is 19.4. The molecule has 48 heavy (non-hydrogen) atoms. The highest BCUT2D eigenvalue weighted by Gasteiger charge is 2.38. The first-order chi connectivity index (χ1) is 22.1. The Hall–Kier alpha value is -4.73. The molecule has 0 saturated carbocycles. The number of carbonyl (C=O) groups excluding carboxylic acids is 2. The smallest absolute Gasteiger partial charge is 0.475 e. The quantitative estimate of drug-likeness (QED) is 0.228. The lowest BCUT2D eigenvalue weighted by Crippen LogP contribution is -2.41. The molecule has 2 heterocycles. The molecule has 1 atom stereocenters. The first kappa shape index (κ1) is 37.7. The molecule has 1 aliphatic rings. The van der Waals surface area contributed by atoms with E-state index in [1.165, 1.54) is 18.2 Å². The van der Waals surface area contributed by atoms with Crippen molar-refractivity contribution in [3.05, 3.63) is 65.9 Å². The number of carboxylic acid groups (broad SMARTS) is 1. The van der Waals surface area contributed by atoms with Crippen molar-refractivity contribution in [1.29, 1.82) is 0 Å². The van der Waals surface area contributed by atoms with E-state index < -0.39 is 30.2 Å². The number of hydrogen-bond acceptors (Lipinski definition) is 6. The topological polar surface area (TPSA) is 122 Å². The second-order valence-electron chi connectivity index (χ2n) is 12.1. The first-order valence-electron chi connectivity index (χ1n) is 14.5. The van der Waals surface area contributed by atoms with Gasteiger partial charge in [-0.15, -0.1) is 13.2 Å². The third-order valence-electron chi connectivity index (χ3n) is 6.63. The van der Waals surface area contributed by atoms with Gasteiger partial charge >= 0.3 is 24.6 Å². The number of hydrogen-bond donors (Lipinski definition) is 3. The van der Waals surface area contributed by atoms with Gasteiger partial charge in [0.25, 0.3) is 5.91 Å². The number of aliphatic carboxylic acids is 1. The number of aromatic nitrogens is 1. The monoisotopic (exact) mass is 686 g/mol. The Morgan fingerprint density at radius 2 is 1.62 bits per heavy atom. The summed E-state index contributed by atoms with van der Waals surface area (Å²) in [4.78, 5) is 36.2. The highest BCUT2D eigenvalue weighted by Crippen LogP contribution is 2.40. The SMILES string of the molecule is CN(C)Cc1ccc(-c2c(-c3cccc(OC(F)(F)F)c3)cc3n2[C@@H](CCNC(=O)OC(C)(C)C)CNC3=O)cc1.O=C(O)C(F)(F)F. The van der Waals surface area contributed by atoms with Gasteiger partial charge in [-0.2, -0.15) is 13.2 Å². The summed E-state index contributed by atoms with van der Waals surface area (Å²) in [6.07, 6.45) is -9.98. The minimum atomic E-state index is -5.08. The Labute approximate surface area is 272 Å². The fraction of sp³-hybridized carbons (Fsp3) is 0.406. The largest absolute Gasteiger partial charge is 0.573 e. The number of alkyl halides is 6. The Kier molecular flexibility index (Phi) is 11.8. The molecule has 0 spiro atoms. The number of carbonyl (C=O) groups is 3. The third kappa shape index (κ3) is 10.9. The van der Waals surface area contributed by atoms with Crippen LogP contribution in [0.4, 0.5) is 31.1 Å². The minimum Gasteiger partial charge on any atom is -0.475 e. The molecule has 10 nitrogen and oxygen atoms in total. The minimum absolute atomic E-state index is 0.238. The highest BCUT2D eigenvalue weighted by molar-refractivity contribution is 5.98. The maximum Gasteiger partial charge on any atom is 0.573 e. The molecule has 16 heteroatoms. The van der Waals surface area contributed by atoms with E-state index in [2.05, 4.69) is 15.4 Å². The summed E-state index contributed by atoms with van der Waals surface area (Å²) < 4.78 is 82.1. The Morgan fingerprint density at radius 1 is 1.00 bits per heavy atom. The van der Waals surface area contributed by atoms with Gasteiger partial charge in [-0.05, 0) is 76.2 Å². The van der Waals surface area contributed by atoms with E-state index in [4.69, 9.17) is 14.6 Å². The summed E-state index contributed by atoms with van der Waals surface area (Å²) in [5.41, 5.74) is 3.38. The fourth-order valence-electron chi connectivity index (χ4n) is 4.87. The van der Waals surface area contributed by atoms with Crippen LogP contribution in [0.15, 0.2) is 54.6 Å². The first-order valence-corrected chi connectivity index (χ1v) is 14.5. The average Bonchev–Trinajstić information content (AvgIpc) is 3.34. The summed E-state index contributed by atoms with van der Waals surface area (Å²) in [7, 11) is 3.94. The van der Waals surface area contributed by atoms with Gasteiger partial charge in [0.05, 0.1) is 11.7 Å². The van der Waals surface area contributed by atoms with Gasteiger partial charge in [-0.25, -0.2) is 9.59 Å². The lowest BCUT2D eigenvalue weighted by Gasteiger charge is -2.29. The molecule has 1 aromatic heterocycles. The van der Waals surface area contributed by atoms with Crippen LogP contribution in [0.25, 0.3) is 22.4 Å². The molecule has 0 unspecified atom stereocenters. The van der Waals surface area contributed by atoms with Crippen LogP contribution in [-0.2, 0) is 16.1 Å². The van der Waals surface area contributed by atoms with Gasteiger partial charge in [-0.3, -0.25) is 4.79 Å². The summed E-state index contributed by atoms with van der Waals surface area (Å²) in [5.74, 6) is -3.40. The second kappa shape index (κ2) is 15.0. The number of amides is 2. The second-order valence-corrected chi connectivity index (χ2v) is 12.1. The van der Waals surface area contributed by atoms with Crippen molar-refractivity contribution in [2.24, 2.45) is 0 Å². The predicted molar refractivity (Wildman–Crippen MR) is 163 cm³/mol. The molecule has 2 aromatic carbocycles. The van der Waals surface area contributed by atoms with Crippen LogP contribution in [0.5, 0.6) is 5.75 Å². The maximum atomic E-state index is 13.0. The molecule has 0 radical (unpaired) electrons. The fourth-order valence-corrected chi connectivity index (χ4v) is 4.87. The van der Waals surface area contributed by atoms with Crippen molar-refractivity contribution in [3.63, 3.8) is 0 Å². The van der Waals surface area contributed by atoms with E-state index >= 15 is 0 Å². The zero-order chi connectivity index (χ0) is 36.0. The Morgan fingerprint density at radius 3 is 2.17 bits per heavy atom. The van der Waals surface area contributed by atoms with Gasteiger partial charge in [0.2, 0.25) is 0 Å². The zero-order valence-corrected chi connectivity index (χ0v) is 26.8. The van der Waals surface area contributed by atoms with E-state index in [0.717, 1.165) is 17.7 Å². The number of halogens is 6. The molecular formula is C32H36F6N4O6. The number of ether oxygens (including phenoxy) is 2.